The highest BCUT2D eigenvalue weighted by molar-refractivity contribution is 6.30. The molecule has 6 nitrogen and oxygen atoms in total. The largest absolute Gasteiger partial charge is 0.484 e. The van der Waals surface area contributed by atoms with Crippen LogP contribution in [0.15, 0.2) is 24.3 Å². The summed E-state index contributed by atoms with van der Waals surface area (Å²) in [5.74, 6) is 0.713. The third kappa shape index (κ3) is 5.85. The monoisotopic (exact) mass is 367 g/mol. The second-order valence-electron chi connectivity index (χ2n) is 6.42. The lowest BCUT2D eigenvalue weighted by molar-refractivity contribution is -0.135. The van der Waals surface area contributed by atoms with E-state index in [9.17, 15) is 4.79 Å². The zero-order valence-corrected chi connectivity index (χ0v) is 15.3. The number of halogens is 1. The second kappa shape index (κ2) is 9.38. The van der Waals surface area contributed by atoms with Gasteiger partial charge in [-0.1, -0.05) is 11.6 Å². The maximum atomic E-state index is 12.3. The number of rotatable bonds is 6. The van der Waals surface area contributed by atoms with Gasteiger partial charge in [0.2, 0.25) is 0 Å². The number of amides is 1. The molecule has 2 aliphatic heterocycles. The van der Waals surface area contributed by atoms with Gasteiger partial charge in [0.15, 0.2) is 6.61 Å². The summed E-state index contributed by atoms with van der Waals surface area (Å²) in [6, 6.07) is 7.07. The van der Waals surface area contributed by atoms with Gasteiger partial charge in [-0.05, 0) is 24.3 Å². The summed E-state index contributed by atoms with van der Waals surface area (Å²) in [5.41, 5.74) is 0. The van der Waals surface area contributed by atoms with E-state index in [0.29, 0.717) is 10.8 Å². The maximum Gasteiger partial charge on any atom is 0.260 e. The number of hydrogen-bond donors (Lipinski definition) is 0. The van der Waals surface area contributed by atoms with Crippen LogP contribution in [0.4, 0.5) is 0 Å². The standard InChI is InChI=1S/C18H26ClN3O3/c19-16-1-3-17(4-2-16)25-15-18(23)22-9-7-20(8-10-22)5-6-21-11-13-24-14-12-21/h1-4H,5-15H2. The van der Waals surface area contributed by atoms with Crippen LogP contribution in [0.5, 0.6) is 5.75 Å². The Hall–Kier alpha value is -1.34. The minimum absolute atomic E-state index is 0.0442. The summed E-state index contributed by atoms with van der Waals surface area (Å²) < 4.78 is 10.9. The van der Waals surface area contributed by atoms with Crippen molar-refractivity contribution in [2.24, 2.45) is 0 Å². The van der Waals surface area contributed by atoms with Gasteiger partial charge in [0, 0.05) is 57.4 Å². The van der Waals surface area contributed by atoms with E-state index in [1.54, 1.807) is 24.3 Å². The van der Waals surface area contributed by atoms with Gasteiger partial charge >= 0.3 is 0 Å². The summed E-state index contributed by atoms with van der Waals surface area (Å²) >= 11 is 5.84. The predicted octanol–water partition coefficient (Wildman–Crippen LogP) is 1.20. The van der Waals surface area contributed by atoms with E-state index < -0.39 is 0 Å². The van der Waals surface area contributed by atoms with Gasteiger partial charge in [-0.15, -0.1) is 0 Å². The number of ether oxygens (including phenoxy) is 2. The highest BCUT2D eigenvalue weighted by atomic mass is 35.5. The highest BCUT2D eigenvalue weighted by Crippen LogP contribution is 2.15. The number of benzene rings is 1. The zero-order valence-electron chi connectivity index (χ0n) is 14.5. The normalized spacial score (nSPS) is 19.8. The van der Waals surface area contributed by atoms with Crippen molar-refractivity contribution in [2.75, 3.05) is 72.2 Å². The van der Waals surface area contributed by atoms with Crippen LogP contribution in [0.2, 0.25) is 5.02 Å². The Kier molecular flexibility index (Phi) is 6.93. The third-order valence-corrected chi connectivity index (χ3v) is 4.99. The Balaban J connectivity index is 1.33. The van der Waals surface area contributed by atoms with Crippen molar-refractivity contribution in [1.29, 1.82) is 0 Å². The first-order chi connectivity index (χ1) is 12.2. The lowest BCUT2D eigenvalue weighted by Gasteiger charge is -2.36. The Morgan fingerprint density at radius 2 is 1.56 bits per heavy atom. The number of carbonyl (C=O) groups is 1. The van der Waals surface area contributed by atoms with Gasteiger partial charge in [-0.25, -0.2) is 0 Å². The van der Waals surface area contributed by atoms with Gasteiger partial charge < -0.3 is 14.4 Å². The first-order valence-electron chi connectivity index (χ1n) is 8.89. The molecule has 0 spiro atoms. The van der Waals surface area contributed by atoms with Crippen molar-refractivity contribution in [3.8, 4) is 5.75 Å². The van der Waals surface area contributed by atoms with Gasteiger partial charge in [-0.3, -0.25) is 14.6 Å². The molecule has 2 heterocycles. The quantitative estimate of drug-likeness (QED) is 0.756. The molecule has 0 aliphatic carbocycles. The minimum Gasteiger partial charge on any atom is -0.484 e. The van der Waals surface area contributed by atoms with Crippen molar-refractivity contribution in [3.63, 3.8) is 0 Å². The van der Waals surface area contributed by atoms with Crippen LogP contribution in [-0.2, 0) is 9.53 Å². The Morgan fingerprint density at radius 1 is 0.960 bits per heavy atom. The van der Waals surface area contributed by atoms with Gasteiger partial charge in [0.1, 0.15) is 5.75 Å². The van der Waals surface area contributed by atoms with E-state index in [2.05, 4.69) is 9.80 Å². The first-order valence-corrected chi connectivity index (χ1v) is 9.27. The Morgan fingerprint density at radius 3 is 2.20 bits per heavy atom. The molecular formula is C18H26ClN3O3. The van der Waals surface area contributed by atoms with Gasteiger partial charge in [-0.2, -0.15) is 0 Å². The van der Waals surface area contributed by atoms with Crippen LogP contribution in [0, 0.1) is 0 Å². The van der Waals surface area contributed by atoms with E-state index in [-0.39, 0.29) is 12.5 Å². The Labute approximate surface area is 154 Å². The van der Waals surface area contributed by atoms with Crippen LogP contribution in [0.25, 0.3) is 0 Å². The molecule has 0 aromatic heterocycles. The zero-order chi connectivity index (χ0) is 17.5. The molecule has 1 aromatic carbocycles. The average molecular weight is 368 g/mol. The van der Waals surface area contributed by atoms with Crippen molar-refractivity contribution in [2.45, 2.75) is 0 Å². The van der Waals surface area contributed by atoms with E-state index in [1.807, 2.05) is 4.90 Å². The molecule has 7 heteroatoms. The van der Waals surface area contributed by atoms with Crippen LogP contribution in [0.3, 0.4) is 0 Å². The topological polar surface area (TPSA) is 45.2 Å². The number of piperazine rings is 1. The molecule has 0 saturated carbocycles. The SMILES string of the molecule is O=C(COc1ccc(Cl)cc1)N1CCN(CCN2CCOCC2)CC1. The summed E-state index contributed by atoms with van der Waals surface area (Å²) in [6.45, 7) is 9.36. The number of nitrogens with zero attached hydrogens (tertiary/aromatic N) is 3. The maximum absolute atomic E-state index is 12.3. The van der Waals surface area contributed by atoms with E-state index >= 15 is 0 Å². The van der Waals surface area contributed by atoms with Crippen molar-refractivity contribution >= 4 is 17.5 Å². The molecule has 2 aliphatic rings. The fourth-order valence-electron chi connectivity index (χ4n) is 3.10. The third-order valence-electron chi connectivity index (χ3n) is 4.74. The van der Waals surface area contributed by atoms with Crippen molar-refractivity contribution < 1.29 is 14.3 Å². The van der Waals surface area contributed by atoms with Crippen molar-refractivity contribution in [1.82, 2.24) is 14.7 Å². The molecule has 0 N–H and O–H groups in total. The molecule has 138 valence electrons. The lowest BCUT2D eigenvalue weighted by Crippen LogP contribution is -2.51. The fourth-order valence-corrected chi connectivity index (χ4v) is 3.22. The molecule has 25 heavy (non-hydrogen) atoms. The van der Waals surface area contributed by atoms with Crippen LogP contribution >= 0.6 is 11.6 Å². The predicted molar refractivity (Wildman–Crippen MR) is 97.2 cm³/mol. The number of carbonyl (C=O) groups excluding carboxylic acids is 1. The molecule has 3 rings (SSSR count). The fraction of sp³-hybridized carbons (Fsp3) is 0.611. The summed E-state index contributed by atoms with van der Waals surface area (Å²) in [4.78, 5) is 19.0. The lowest BCUT2D eigenvalue weighted by atomic mass is 10.3. The van der Waals surface area contributed by atoms with Gasteiger partial charge in [0.05, 0.1) is 13.2 Å². The Bertz CT molecular complexity index is 541. The molecule has 2 saturated heterocycles. The smallest absolute Gasteiger partial charge is 0.260 e. The summed E-state index contributed by atoms with van der Waals surface area (Å²) in [5, 5.41) is 0.659. The summed E-state index contributed by atoms with van der Waals surface area (Å²) in [6.07, 6.45) is 0. The average Bonchev–Trinajstić information content (AvgIpc) is 2.67. The molecule has 1 aromatic rings. The first kappa shape index (κ1) is 18.5. The van der Waals surface area contributed by atoms with Gasteiger partial charge in [0.25, 0.3) is 5.91 Å². The summed E-state index contributed by atoms with van der Waals surface area (Å²) in [7, 11) is 0. The van der Waals surface area contributed by atoms with E-state index in [4.69, 9.17) is 21.1 Å². The van der Waals surface area contributed by atoms with Crippen LogP contribution < -0.4 is 4.74 Å². The number of morpholine rings is 1. The molecule has 0 radical (unpaired) electrons. The highest BCUT2D eigenvalue weighted by Gasteiger charge is 2.22. The minimum atomic E-state index is 0.0442. The molecule has 0 bridgehead atoms. The van der Waals surface area contributed by atoms with Crippen molar-refractivity contribution in [3.05, 3.63) is 29.3 Å². The van der Waals surface area contributed by atoms with Crippen LogP contribution in [-0.4, -0.2) is 92.8 Å². The molecule has 2 fully saturated rings. The van der Waals surface area contributed by atoms with E-state index in [0.717, 1.165) is 65.6 Å². The molecule has 0 unspecified atom stereocenters. The molecular weight excluding hydrogens is 342 g/mol. The molecule has 1 amide bonds. The number of hydrogen-bond acceptors (Lipinski definition) is 5. The second-order valence-corrected chi connectivity index (χ2v) is 6.86. The molecule has 0 atom stereocenters. The van der Waals surface area contributed by atoms with E-state index in [1.165, 1.54) is 0 Å². The van der Waals surface area contributed by atoms with Crippen LogP contribution in [0.1, 0.15) is 0 Å².